The van der Waals surface area contributed by atoms with E-state index in [0.717, 1.165) is 24.2 Å². The van der Waals surface area contributed by atoms with Gasteiger partial charge in [-0.15, -0.1) is 0 Å². The fourth-order valence-corrected chi connectivity index (χ4v) is 4.39. The highest BCUT2D eigenvalue weighted by Crippen LogP contribution is 2.37. The van der Waals surface area contributed by atoms with Crippen LogP contribution in [0.4, 0.5) is 5.69 Å². The zero-order chi connectivity index (χ0) is 22.5. The smallest absolute Gasteiger partial charge is 0.244 e. The van der Waals surface area contributed by atoms with E-state index in [0.29, 0.717) is 30.3 Å². The van der Waals surface area contributed by atoms with Gasteiger partial charge in [-0.25, -0.2) is 4.98 Å². The molecule has 2 amide bonds. The zero-order valence-corrected chi connectivity index (χ0v) is 18.5. The number of methoxy groups -OCH3 is 2. The molecule has 0 unspecified atom stereocenters. The number of benzene rings is 1. The summed E-state index contributed by atoms with van der Waals surface area (Å²) in [6.45, 7) is 0.459. The Labute approximate surface area is 187 Å². The zero-order valence-electron chi connectivity index (χ0n) is 18.5. The van der Waals surface area contributed by atoms with Crippen molar-refractivity contribution in [2.45, 2.75) is 44.1 Å². The normalized spacial score (nSPS) is 18.6. The fourth-order valence-electron chi connectivity index (χ4n) is 4.39. The summed E-state index contributed by atoms with van der Waals surface area (Å²) in [5, 5.41) is 2.77. The van der Waals surface area contributed by atoms with Crippen molar-refractivity contribution in [3.05, 3.63) is 42.1 Å². The second-order valence-electron chi connectivity index (χ2n) is 8.22. The fraction of sp³-hybridized carbons (Fsp3) is 0.458. The number of carbonyl (C=O) groups excluding carboxylic acids is 2. The van der Waals surface area contributed by atoms with E-state index in [9.17, 15) is 9.59 Å². The summed E-state index contributed by atoms with van der Waals surface area (Å²) >= 11 is 0. The maximum atomic E-state index is 12.6. The van der Waals surface area contributed by atoms with Crippen LogP contribution in [0.15, 0.2) is 36.5 Å². The van der Waals surface area contributed by atoms with Crippen molar-refractivity contribution in [3.8, 4) is 17.4 Å². The lowest BCUT2D eigenvalue weighted by Crippen LogP contribution is -2.34. The molecule has 8 nitrogen and oxygen atoms in total. The first-order valence-corrected chi connectivity index (χ1v) is 11.0. The first kappa shape index (κ1) is 21.9. The molecule has 1 atom stereocenters. The number of hydrogen-bond donors (Lipinski definition) is 1. The molecule has 1 aliphatic heterocycles. The van der Waals surface area contributed by atoms with Crippen LogP contribution in [0.2, 0.25) is 0 Å². The van der Waals surface area contributed by atoms with Gasteiger partial charge in [-0.1, -0.05) is 6.07 Å². The van der Waals surface area contributed by atoms with Gasteiger partial charge in [-0.2, -0.15) is 0 Å². The molecule has 1 N–H and O–H groups in total. The van der Waals surface area contributed by atoms with E-state index >= 15 is 0 Å². The Balaban J connectivity index is 1.41. The van der Waals surface area contributed by atoms with E-state index in [1.54, 1.807) is 30.3 Å². The predicted octanol–water partition coefficient (Wildman–Crippen LogP) is 3.37. The second-order valence-corrected chi connectivity index (χ2v) is 8.22. The number of likely N-dealkylation sites (tertiary alicyclic amines) is 1. The van der Waals surface area contributed by atoms with Crippen molar-refractivity contribution in [1.82, 2.24) is 9.88 Å². The van der Waals surface area contributed by atoms with Gasteiger partial charge in [0.1, 0.15) is 5.69 Å². The molecule has 0 bridgehead atoms. The molecule has 1 saturated carbocycles. The van der Waals surface area contributed by atoms with Crippen LogP contribution < -0.4 is 19.5 Å². The highest BCUT2D eigenvalue weighted by molar-refractivity contribution is 5.96. The first-order chi connectivity index (χ1) is 15.6. The predicted molar refractivity (Wildman–Crippen MR) is 119 cm³/mol. The van der Waals surface area contributed by atoms with E-state index in [-0.39, 0.29) is 30.4 Å². The van der Waals surface area contributed by atoms with Crippen molar-refractivity contribution >= 4 is 17.5 Å². The van der Waals surface area contributed by atoms with Crippen LogP contribution in [0.1, 0.15) is 43.6 Å². The molecule has 32 heavy (non-hydrogen) atoms. The van der Waals surface area contributed by atoms with Crippen LogP contribution >= 0.6 is 0 Å². The third kappa shape index (κ3) is 4.95. The average molecular weight is 440 g/mol. The molecule has 1 aliphatic carbocycles. The molecule has 2 aliphatic rings. The van der Waals surface area contributed by atoms with Crippen molar-refractivity contribution < 1.29 is 23.8 Å². The number of carbonyl (C=O) groups is 2. The minimum absolute atomic E-state index is 0.0000576. The van der Waals surface area contributed by atoms with Gasteiger partial charge in [0.15, 0.2) is 11.5 Å². The quantitative estimate of drug-likeness (QED) is 0.678. The number of hydrogen-bond acceptors (Lipinski definition) is 6. The Morgan fingerprint density at radius 2 is 1.97 bits per heavy atom. The molecule has 1 aromatic carbocycles. The average Bonchev–Trinajstić information content (AvgIpc) is 3.44. The standard InChI is InChI=1S/C24H29N3O5/c1-30-20-10-9-16(12-21(20)32-18-6-3-4-7-18)17-13-23(29)27(14-17)15-22(28)26-19-8-5-11-25-24(19)31-2/h5,8-12,17-18H,3-4,6-7,13-15H2,1-2H3,(H,26,28)/t17-/m1/s1. The summed E-state index contributed by atoms with van der Waals surface area (Å²) in [5.74, 6) is 1.43. The number of aromatic nitrogens is 1. The molecular weight excluding hydrogens is 410 g/mol. The lowest BCUT2D eigenvalue weighted by Gasteiger charge is -2.19. The van der Waals surface area contributed by atoms with Crippen LogP contribution in [-0.2, 0) is 9.59 Å². The van der Waals surface area contributed by atoms with Crippen molar-refractivity contribution in [3.63, 3.8) is 0 Å². The van der Waals surface area contributed by atoms with Gasteiger partial charge in [-0.3, -0.25) is 9.59 Å². The molecule has 2 fully saturated rings. The van der Waals surface area contributed by atoms with Gasteiger partial charge in [0.05, 0.1) is 26.9 Å². The number of amides is 2. The highest BCUT2D eigenvalue weighted by atomic mass is 16.5. The van der Waals surface area contributed by atoms with E-state index in [2.05, 4.69) is 10.3 Å². The van der Waals surface area contributed by atoms with Gasteiger partial charge in [0.25, 0.3) is 0 Å². The summed E-state index contributed by atoms with van der Waals surface area (Å²) in [4.78, 5) is 30.8. The maximum Gasteiger partial charge on any atom is 0.244 e. The van der Waals surface area contributed by atoms with Gasteiger partial charge < -0.3 is 24.4 Å². The Morgan fingerprint density at radius 1 is 1.16 bits per heavy atom. The second kappa shape index (κ2) is 9.89. The number of pyridine rings is 1. The summed E-state index contributed by atoms with van der Waals surface area (Å²) < 4.78 is 16.8. The molecular formula is C24H29N3O5. The summed E-state index contributed by atoms with van der Waals surface area (Å²) in [6.07, 6.45) is 6.65. The largest absolute Gasteiger partial charge is 0.493 e. The van der Waals surface area contributed by atoms with Gasteiger partial charge in [-0.05, 0) is 55.5 Å². The summed E-state index contributed by atoms with van der Waals surface area (Å²) in [7, 11) is 3.12. The van der Waals surface area contributed by atoms with E-state index in [1.807, 2.05) is 18.2 Å². The maximum absolute atomic E-state index is 12.6. The van der Waals surface area contributed by atoms with Crippen molar-refractivity contribution in [2.24, 2.45) is 0 Å². The number of nitrogens with one attached hydrogen (secondary N) is 1. The molecule has 8 heteroatoms. The summed E-state index contributed by atoms with van der Waals surface area (Å²) in [5.41, 5.74) is 1.50. The number of ether oxygens (including phenoxy) is 3. The molecule has 2 aromatic rings. The van der Waals surface area contributed by atoms with Crippen LogP contribution in [0.25, 0.3) is 0 Å². The Hall–Kier alpha value is -3.29. The molecule has 1 aromatic heterocycles. The molecule has 4 rings (SSSR count). The monoisotopic (exact) mass is 439 g/mol. The lowest BCUT2D eigenvalue weighted by molar-refractivity contribution is -0.131. The van der Waals surface area contributed by atoms with Gasteiger partial charge in [0.2, 0.25) is 17.7 Å². The Kier molecular flexibility index (Phi) is 6.78. The highest BCUT2D eigenvalue weighted by Gasteiger charge is 2.32. The number of nitrogens with zero attached hydrogens (tertiary/aromatic N) is 2. The minimum Gasteiger partial charge on any atom is -0.493 e. The van der Waals surface area contributed by atoms with E-state index < -0.39 is 0 Å². The molecule has 2 heterocycles. The van der Waals surface area contributed by atoms with Crippen LogP contribution in [0, 0.1) is 0 Å². The van der Waals surface area contributed by atoms with Gasteiger partial charge >= 0.3 is 0 Å². The third-order valence-corrected chi connectivity index (χ3v) is 6.04. The molecule has 0 radical (unpaired) electrons. The third-order valence-electron chi connectivity index (χ3n) is 6.04. The Morgan fingerprint density at radius 3 is 2.72 bits per heavy atom. The number of anilines is 1. The van der Waals surface area contributed by atoms with Crippen LogP contribution in [0.5, 0.6) is 17.4 Å². The molecule has 170 valence electrons. The Bertz CT molecular complexity index is 974. The van der Waals surface area contributed by atoms with E-state index in [4.69, 9.17) is 14.2 Å². The van der Waals surface area contributed by atoms with Gasteiger partial charge in [0, 0.05) is 25.1 Å². The minimum atomic E-state index is -0.287. The molecule has 1 saturated heterocycles. The first-order valence-electron chi connectivity index (χ1n) is 11.0. The SMILES string of the molecule is COc1ccc([C@@H]2CC(=O)N(CC(=O)Nc3cccnc3OC)C2)cc1OC1CCCC1. The van der Waals surface area contributed by atoms with Crippen LogP contribution in [0.3, 0.4) is 0 Å². The lowest BCUT2D eigenvalue weighted by atomic mass is 9.98. The van der Waals surface area contributed by atoms with Crippen LogP contribution in [-0.4, -0.2) is 55.1 Å². The van der Waals surface area contributed by atoms with Crippen molar-refractivity contribution in [1.29, 1.82) is 0 Å². The summed E-state index contributed by atoms with van der Waals surface area (Å²) in [6, 6.07) is 9.28. The van der Waals surface area contributed by atoms with E-state index in [1.165, 1.54) is 20.0 Å². The van der Waals surface area contributed by atoms with Crippen molar-refractivity contribution in [2.75, 3.05) is 32.6 Å². The number of rotatable bonds is 8. The molecule has 0 spiro atoms. The topological polar surface area (TPSA) is 90.0 Å².